The molecule has 0 radical (unpaired) electrons. The molecule has 30 heavy (non-hydrogen) atoms. The zero-order chi connectivity index (χ0) is 21.3. The summed E-state index contributed by atoms with van der Waals surface area (Å²) >= 11 is 0. The monoisotopic (exact) mass is 411 g/mol. The highest BCUT2D eigenvalue weighted by molar-refractivity contribution is 5.79. The van der Waals surface area contributed by atoms with Gasteiger partial charge in [0.1, 0.15) is 11.6 Å². The van der Waals surface area contributed by atoms with E-state index in [0.717, 1.165) is 48.4 Å². The van der Waals surface area contributed by atoms with Crippen LogP contribution >= 0.6 is 0 Å². The van der Waals surface area contributed by atoms with Crippen molar-refractivity contribution in [3.63, 3.8) is 0 Å². The van der Waals surface area contributed by atoms with E-state index in [1.807, 2.05) is 13.1 Å². The summed E-state index contributed by atoms with van der Waals surface area (Å²) < 4.78 is 11.4. The van der Waals surface area contributed by atoms with Gasteiger partial charge in [0, 0.05) is 45.0 Å². The van der Waals surface area contributed by atoms with Crippen LogP contribution in [0.2, 0.25) is 0 Å². The van der Waals surface area contributed by atoms with Crippen LogP contribution in [0.4, 0.5) is 5.82 Å². The lowest BCUT2D eigenvalue weighted by molar-refractivity contribution is 0.0529. The Bertz CT molecular complexity index is 838. The van der Waals surface area contributed by atoms with Gasteiger partial charge < -0.3 is 25.0 Å². The van der Waals surface area contributed by atoms with Crippen molar-refractivity contribution in [3.8, 4) is 5.75 Å². The lowest BCUT2D eigenvalue weighted by atomic mass is 10.1. The molecule has 0 bridgehead atoms. The summed E-state index contributed by atoms with van der Waals surface area (Å²) in [6.45, 7) is 10.6. The molecule has 0 amide bonds. The lowest BCUT2D eigenvalue weighted by Gasteiger charge is -2.32. The van der Waals surface area contributed by atoms with Gasteiger partial charge in [-0.3, -0.25) is 4.99 Å². The van der Waals surface area contributed by atoms with Gasteiger partial charge in [-0.2, -0.15) is 0 Å². The van der Waals surface area contributed by atoms with Crippen molar-refractivity contribution >= 4 is 11.8 Å². The zero-order valence-electron chi connectivity index (χ0n) is 18.4. The van der Waals surface area contributed by atoms with Crippen LogP contribution in [0.3, 0.4) is 0 Å². The largest absolute Gasteiger partial charge is 0.494 e. The van der Waals surface area contributed by atoms with E-state index in [1.165, 1.54) is 5.56 Å². The van der Waals surface area contributed by atoms with Gasteiger partial charge in [-0.15, -0.1) is 0 Å². The molecular formula is C23H33N5O2. The van der Waals surface area contributed by atoms with Gasteiger partial charge in [0.05, 0.1) is 19.3 Å². The number of benzene rings is 1. The molecule has 1 fully saturated rings. The first-order chi connectivity index (χ1) is 14.6. The second-order valence-corrected chi connectivity index (χ2v) is 7.48. The van der Waals surface area contributed by atoms with E-state index in [4.69, 9.17) is 9.47 Å². The lowest BCUT2D eigenvalue weighted by Crippen LogP contribution is -2.41. The van der Waals surface area contributed by atoms with Crippen molar-refractivity contribution in [2.75, 3.05) is 38.3 Å². The van der Waals surface area contributed by atoms with Crippen LogP contribution in [0.5, 0.6) is 5.75 Å². The van der Waals surface area contributed by atoms with Crippen molar-refractivity contribution in [2.24, 2.45) is 4.99 Å². The topological polar surface area (TPSA) is 71.0 Å². The average molecular weight is 412 g/mol. The molecule has 1 unspecified atom stereocenters. The number of anilines is 1. The fourth-order valence-corrected chi connectivity index (χ4v) is 3.42. The van der Waals surface area contributed by atoms with E-state index in [1.54, 1.807) is 7.05 Å². The minimum Gasteiger partial charge on any atom is -0.494 e. The normalized spacial score (nSPS) is 17.0. The number of nitrogens with zero attached hydrogens (tertiary/aromatic N) is 3. The number of pyridine rings is 1. The Kier molecular flexibility index (Phi) is 7.90. The van der Waals surface area contributed by atoms with Crippen molar-refractivity contribution in [1.29, 1.82) is 0 Å². The summed E-state index contributed by atoms with van der Waals surface area (Å²) in [5, 5.41) is 6.71. The van der Waals surface area contributed by atoms with Gasteiger partial charge in [-0.25, -0.2) is 4.98 Å². The van der Waals surface area contributed by atoms with Crippen LogP contribution in [-0.2, 0) is 17.8 Å². The first-order valence-corrected chi connectivity index (χ1v) is 10.6. The summed E-state index contributed by atoms with van der Waals surface area (Å²) in [6, 6.07) is 10.4. The Labute approximate surface area is 179 Å². The molecule has 2 heterocycles. The molecule has 1 atom stereocenters. The summed E-state index contributed by atoms with van der Waals surface area (Å²) in [6.07, 6.45) is 2.16. The molecule has 1 saturated heterocycles. The molecule has 2 aromatic rings. The second-order valence-electron chi connectivity index (χ2n) is 7.48. The van der Waals surface area contributed by atoms with Crippen LogP contribution in [0, 0.1) is 6.92 Å². The third kappa shape index (κ3) is 6.10. The van der Waals surface area contributed by atoms with E-state index in [9.17, 15) is 0 Å². The molecule has 7 heteroatoms. The van der Waals surface area contributed by atoms with Crippen LogP contribution in [0.15, 0.2) is 41.5 Å². The first-order valence-electron chi connectivity index (χ1n) is 10.6. The number of aromatic nitrogens is 1. The minimum absolute atomic E-state index is 0.244. The molecule has 1 aromatic heterocycles. The fraction of sp³-hybridized carbons (Fsp3) is 0.478. The van der Waals surface area contributed by atoms with E-state index < -0.39 is 0 Å². The van der Waals surface area contributed by atoms with Gasteiger partial charge in [0.15, 0.2) is 5.96 Å². The average Bonchev–Trinajstić information content (AvgIpc) is 2.75. The summed E-state index contributed by atoms with van der Waals surface area (Å²) in [4.78, 5) is 11.2. The third-order valence-corrected chi connectivity index (χ3v) is 5.03. The minimum atomic E-state index is 0.244. The number of guanidine groups is 1. The second kappa shape index (κ2) is 10.8. The molecule has 0 spiro atoms. The molecule has 1 aliphatic heterocycles. The van der Waals surface area contributed by atoms with Crippen molar-refractivity contribution in [1.82, 2.24) is 15.6 Å². The Morgan fingerprint density at radius 2 is 2.10 bits per heavy atom. The third-order valence-electron chi connectivity index (χ3n) is 5.03. The maximum Gasteiger partial charge on any atom is 0.191 e. The SMILES string of the molecule is CCOc1cc(C)ccc1CNC(=NC)NCc1ccc(N2CCOC(C)C2)nc1. The molecule has 3 rings (SSSR count). The summed E-state index contributed by atoms with van der Waals surface area (Å²) in [7, 11) is 1.77. The molecule has 1 aliphatic rings. The molecule has 0 aliphatic carbocycles. The Balaban J connectivity index is 1.52. The van der Waals surface area contributed by atoms with Crippen LogP contribution in [-0.4, -0.2) is 50.4 Å². The van der Waals surface area contributed by atoms with Crippen molar-refractivity contribution in [2.45, 2.75) is 40.0 Å². The van der Waals surface area contributed by atoms with Crippen LogP contribution < -0.4 is 20.3 Å². The molecule has 1 aromatic carbocycles. The number of hydrogen-bond donors (Lipinski definition) is 2. The highest BCUT2D eigenvalue weighted by Gasteiger charge is 2.17. The maximum atomic E-state index is 5.76. The van der Waals surface area contributed by atoms with E-state index in [0.29, 0.717) is 19.7 Å². The Morgan fingerprint density at radius 1 is 1.27 bits per heavy atom. The number of ether oxygens (including phenoxy) is 2. The highest BCUT2D eigenvalue weighted by atomic mass is 16.5. The van der Waals surface area contributed by atoms with Crippen LogP contribution in [0.1, 0.15) is 30.5 Å². The first kappa shape index (κ1) is 21.9. The fourth-order valence-electron chi connectivity index (χ4n) is 3.42. The molecule has 0 saturated carbocycles. The van der Waals surface area contributed by atoms with Gasteiger partial charge in [-0.05, 0) is 44.0 Å². The number of nitrogens with one attached hydrogen (secondary N) is 2. The summed E-state index contributed by atoms with van der Waals surface area (Å²) in [5.41, 5.74) is 3.40. The quantitative estimate of drug-likeness (QED) is 0.539. The number of morpholine rings is 1. The van der Waals surface area contributed by atoms with Gasteiger partial charge in [0.25, 0.3) is 0 Å². The van der Waals surface area contributed by atoms with Crippen molar-refractivity contribution < 1.29 is 9.47 Å². The molecule has 7 nitrogen and oxygen atoms in total. The van der Waals surface area contributed by atoms with Gasteiger partial charge >= 0.3 is 0 Å². The van der Waals surface area contributed by atoms with E-state index in [2.05, 4.69) is 69.7 Å². The predicted octanol–water partition coefficient (Wildman–Crippen LogP) is 2.88. The Hall–Kier alpha value is -2.80. The van der Waals surface area contributed by atoms with Crippen molar-refractivity contribution in [3.05, 3.63) is 53.2 Å². The smallest absolute Gasteiger partial charge is 0.191 e. The molecule has 2 N–H and O–H groups in total. The van der Waals surface area contributed by atoms with E-state index >= 15 is 0 Å². The molecular weight excluding hydrogens is 378 g/mol. The Morgan fingerprint density at radius 3 is 2.80 bits per heavy atom. The van der Waals surface area contributed by atoms with Gasteiger partial charge in [0.2, 0.25) is 0 Å². The molecule has 162 valence electrons. The standard InChI is InChI=1S/C23H33N5O2/c1-5-29-21-12-17(2)6-8-20(21)15-27-23(24-4)26-14-19-7-9-22(25-13-19)28-10-11-30-18(3)16-28/h6-9,12-13,18H,5,10-11,14-16H2,1-4H3,(H2,24,26,27). The summed E-state index contributed by atoms with van der Waals surface area (Å²) in [5.74, 6) is 2.65. The number of rotatable bonds is 7. The van der Waals surface area contributed by atoms with Gasteiger partial charge in [-0.1, -0.05) is 18.2 Å². The number of aryl methyl sites for hydroxylation is 1. The highest BCUT2D eigenvalue weighted by Crippen LogP contribution is 2.20. The van der Waals surface area contributed by atoms with E-state index in [-0.39, 0.29) is 6.10 Å². The predicted molar refractivity (Wildman–Crippen MR) is 121 cm³/mol. The number of hydrogen-bond acceptors (Lipinski definition) is 5. The number of aliphatic imine (C=N–C) groups is 1. The maximum absolute atomic E-state index is 5.76. The van der Waals surface area contributed by atoms with Crippen LogP contribution in [0.25, 0.3) is 0 Å². The zero-order valence-corrected chi connectivity index (χ0v) is 18.4.